The topological polar surface area (TPSA) is 80.4 Å². The van der Waals surface area contributed by atoms with Gasteiger partial charge in [0.1, 0.15) is 0 Å². The zero-order valence-electron chi connectivity index (χ0n) is 5.23. The molecule has 0 aromatic rings. The van der Waals surface area contributed by atoms with Gasteiger partial charge in [-0.3, -0.25) is 0 Å². The molecule has 1 fully saturated rings. The summed E-state index contributed by atoms with van der Waals surface area (Å²) in [6, 6.07) is -0.574. The van der Waals surface area contributed by atoms with Gasteiger partial charge in [0.05, 0.1) is 17.6 Å². The molecule has 4 nitrogen and oxygen atoms in total. The SMILES string of the molecule is Cl.NC1CS(=O)(=O)CC1O. The van der Waals surface area contributed by atoms with Crippen molar-refractivity contribution in [1.29, 1.82) is 0 Å². The molecule has 6 heteroatoms. The van der Waals surface area contributed by atoms with Gasteiger partial charge in [0.15, 0.2) is 9.84 Å². The molecule has 1 heterocycles. The number of aliphatic hydroxyl groups excluding tert-OH is 1. The fourth-order valence-corrected chi connectivity index (χ4v) is 2.57. The fraction of sp³-hybridized carbons (Fsp3) is 1.00. The van der Waals surface area contributed by atoms with E-state index in [-0.39, 0.29) is 23.9 Å². The van der Waals surface area contributed by atoms with E-state index in [9.17, 15) is 8.42 Å². The number of hydrogen-bond donors (Lipinski definition) is 2. The molecule has 2 unspecified atom stereocenters. The van der Waals surface area contributed by atoms with Gasteiger partial charge >= 0.3 is 0 Å². The third-order valence-electron chi connectivity index (χ3n) is 1.37. The van der Waals surface area contributed by atoms with Crippen molar-refractivity contribution >= 4 is 22.2 Å². The highest BCUT2D eigenvalue weighted by molar-refractivity contribution is 7.91. The van der Waals surface area contributed by atoms with Gasteiger partial charge < -0.3 is 10.8 Å². The summed E-state index contributed by atoms with van der Waals surface area (Å²) in [4.78, 5) is 0. The molecule has 62 valence electrons. The Labute approximate surface area is 65.7 Å². The summed E-state index contributed by atoms with van der Waals surface area (Å²) < 4.78 is 21.2. The molecule has 0 aromatic carbocycles. The first-order chi connectivity index (χ1) is 4.01. The van der Waals surface area contributed by atoms with Crippen LogP contribution < -0.4 is 5.73 Å². The molecule has 1 aliphatic heterocycles. The van der Waals surface area contributed by atoms with Crippen molar-refractivity contribution in [2.24, 2.45) is 5.73 Å². The summed E-state index contributed by atoms with van der Waals surface area (Å²) in [5, 5.41) is 8.83. The summed E-state index contributed by atoms with van der Waals surface area (Å²) in [7, 11) is -3.02. The molecule has 2 atom stereocenters. The molecule has 0 aliphatic carbocycles. The van der Waals surface area contributed by atoms with E-state index in [2.05, 4.69) is 0 Å². The van der Waals surface area contributed by atoms with Crippen LogP contribution in [-0.4, -0.2) is 37.2 Å². The largest absolute Gasteiger partial charge is 0.390 e. The van der Waals surface area contributed by atoms with E-state index in [1.807, 2.05) is 0 Å². The zero-order valence-corrected chi connectivity index (χ0v) is 6.86. The monoisotopic (exact) mass is 187 g/mol. The minimum atomic E-state index is -3.02. The standard InChI is InChI=1S/C4H9NO3S.ClH/c5-3-1-9(7,8)2-4(3)6;/h3-4,6H,1-2,5H2;1H. The maximum absolute atomic E-state index is 10.6. The predicted molar refractivity (Wildman–Crippen MR) is 39.9 cm³/mol. The Balaban J connectivity index is 0.000000810. The van der Waals surface area contributed by atoms with E-state index in [4.69, 9.17) is 10.8 Å². The Morgan fingerprint density at radius 1 is 1.40 bits per heavy atom. The average Bonchev–Trinajstić information content (AvgIpc) is 1.79. The lowest BCUT2D eigenvalue weighted by molar-refractivity contribution is 0.183. The molecule has 0 spiro atoms. The molecule has 0 aromatic heterocycles. The fourth-order valence-electron chi connectivity index (χ4n) is 0.856. The van der Waals surface area contributed by atoms with Gasteiger partial charge in [0, 0.05) is 6.04 Å². The molecule has 3 N–H and O–H groups in total. The van der Waals surface area contributed by atoms with Crippen molar-refractivity contribution < 1.29 is 13.5 Å². The van der Waals surface area contributed by atoms with Crippen LogP contribution in [0.5, 0.6) is 0 Å². The Morgan fingerprint density at radius 2 is 1.90 bits per heavy atom. The van der Waals surface area contributed by atoms with Crippen LogP contribution in [0.2, 0.25) is 0 Å². The summed E-state index contributed by atoms with van der Waals surface area (Å²) in [5.41, 5.74) is 5.22. The van der Waals surface area contributed by atoms with Crippen LogP contribution in [0.25, 0.3) is 0 Å². The van der Waals surface area contributed by atoms with Gasteiger partial charge in [-0.1, -0.05) is 0 Å². The highest BCUT2D eigenvalue weighted by Crippen LogP contribution is 2.09. The Kier molecular flexibility index (Phi) is 3.09. The molecule has 1 saturated heterocycles. The van der Waals surface area contributed by atoms with Crippen molar-refractivity contribution in [3.05, 3.63) is 0 Å². The summed E-state index contributed by atoms with van der Waals surface area (Å²) >= 11 is 0. The van der Waals surface area contributed by atoms with E-state index in [1.54, 1.807) is 0 Å². The molecule has 0 amide bonds. The predicted octanol–water partition coefficient (Wildman–Crippen LogP) is -1.48. The third-order valence-corrected chi connectivity index (χ3v) is 3.11. The summed E-state index contributed by atoms with van der Waals surface area (Å²) in [6.07, 6.45) is -0.852. The number of aliphatic hydroxyl groups is 1. The van der Waals surface area contributed by atoms with E-state index in [1.165, 1.54) is 0 Å². The highest BCUT2D eigenvalue weighted by Gasteiger charge is 2.33. The van der Waals surface area contributed by atoms with E-state index in [0.717, 1.165) is 0 Å². The second-order valence-electron chi connectivity index (χ2n) is 2.31. The van der Waals surface area contributed by atoms with Crippen LogP contribution in [0.3, 0.4) is 0 Å². The lowest BCUT2D eigenvalue weighted by atomic mass is 10.2. The van der Waals surface area contributed by atoms with Crippen molar-refractivity contribution in [2.75, 3.05) is 11.5 Å². The van der Waals surface area contributed by atoms with Crippen molar-refractivity contribution in [1.82, 2.24) is 0 Å². The summed E-state index contributed by atoms with van der Waals surface area (Å²) in [5.74, 6) is -0.248. The minimum absolute atomic E-state index is 0. The van der Waals surface area contributed by atoms with E-state index >= 15 is 0 Å². The minimum Gasteiger partial charge on any atom is -0.390 e. The molecule has 0 bridgehead atoms. The van der Waals surface area contributed by atoms with Crippen LogP contribution in [-0.2, 0) is 9.84 Å². The molecule has 10 heavy (non-hydrogen) atoms. The molecule has 1 aliphatic rings. The van der Waals surface area contributed by atoms with E-state index in [0.29, 0.717) is 0 Å². The van der Waals surface area contributed by atoms with Crippen molar-refractivity contribution in [3.63, 3.8) is 0 Å². The molecule has 1 rings (SSSR count). The van der Waals surface area contributed by atoms with Gasteiger partial charge in [-0.15, -0.1) is 12.4 Å². The van der Waals surface area contributed by atoms with Crippen molar-refractivity contribution in [3.8, 4) is 0 Å². The maximum atomic E-state index is 10.6. The second-order valence-corrected chi connectivity index (χ2v) is 4.46. The average molecular weight is 188 g/mol. The molecular weight excluding hydrogens is 178 g/mol. The Hall–Kier alpha value is 0.160. The van der Waals surface area contributed by atoms with Gasteiger partial charge in [0.25, 0.3) is 0 Å². The van der Waals surface area contributed by atoms with Crippen LogP contribution in [0, 0.1) is 0 Å². The molecular formula is C4H10ClNO3S. The molecule has 0 saturated carbocycles. The second kappa shape index (κ2) is 3.04. The van der Waals surface area contributed by atoms with Crippen LogP contribution >= 0.6 is 12.4 Å². The lowest BCUT2D eigenvalue weighted by Crippen LogP contribution is -2.32. The summed E-state index contributed by atoms with van der Waals surface area (Å²) in [6.45, 7) is 0. The van der Waals surface area contributed by atoms with Crippen LogP contribution in [0.15, 0.2) is 0 Å². The Bertz CT molecular complexity index is 187. The van der Waals surface area contributed by atoms with Gasteiger partial charge in [0.2, 0.25) is 0 Å². The number of nitrogens with two attached hydrogens (primary N) is 1. The van der Waals surface area contributed by atoms with Gasteiger partial charge in [-0.2, -0.15) is 0 Å². The smallest absolute Gasteiger partial charge is 0.154 e. The maximum Gasteiger partial charge on any atom is 0.154 e. The zero-order chi connectivity index (χ0) is 7.07. The number of halogens is 1. The first kappa shape index (κ1) is 10.2. The number of sulfone groups is 1. The quantitative estimate of drug-likeness (QED) is 0.485. The number of rotatable bonds is 0. The van der Waals surface area contributed by atoms with E-state index < -0.39 is 22.0 Å². The third kappa shape index (κ3) is 2.09. The Morgan fingerprint density at radius 3 is 2.00 bits per heavy atom. The van der Waals surface area contributed by atoms with Crippen molar-refractivity contribution in [2.45, 2.75) is 12.1 Å². The first-order valence-corrected chi connectivity index (χ1v) is 4.47. The molecule has 0 radical (unpaired) electrons. The van der Waals surface area contributed by atoms with Crippen LogP contribution in [0.4, 0.5) is 0 Å². The first-order valence-electron chi connectivity index (χ1n) is 2.65. The lowest BCUT2D eigenvalue weighted by Gasteiger charge is -2.02. The van der Waals surface area contributed by atoms with Gasteiger partial charge in [-0.25, -0.2) is 8.42 Å². The number of hydrogen-bond acceptors (Lipinski definition) is 4. The van der Waals surface area contributed by atoms with Gasteiger partial charge in [-0.05, 0) is 0 Å². The van der Waals surface area contributed by atoms with Crippen LogP contribution in [0.1, 0.15) is 0 Å². The highest BCUT2D eigenvalue weighted by atomic mass is 35.5. The normalized spacial score (nSPS) is 37.0.